The van der Waals surface area contributed by atoms with Gasteiger partial charge in [-0.1, -0.05) is 0 Å². The van der Waals surface area contributed by atoms with Gasteiger partial charge >= 0.3 is 5.97 Å². The topological polar surface area (TPSA) is 72.8 Å². The first-order valence-electron chi connectivity index (χ1n) is 4.68. The van der Waals surface area contributed by atoms with Gasteiger partial charge in [-0.15, -0.1) is 0 Å². The molecule has 5 nitrogen and oxygen atoms in total. The quantitative estimate of drug-likeness (QED) is 0.678. The van der Waals surface area contributed by atoms with Gasteiger partial charge in [0.05, 0.1) is 12.2 Å². The highest BCUT2D eigenvalue weighted by atomic mass is 16.6. The maximum atomic E-state index is 11.5. The van der Waals surface area contributed by atoms with E-state index in [4.69, 9.17) is 9.47 Å². The van der Waals surface area contributed by atoms with Gasteiger partial charge in [-0.3, -0.25) is 4.79 Å². The molecule has 0 aromatic heterocycles. The molecular formula is C10H14O5. The Morgan fingerprint density at radius 1 is 1.60 bits per heavy atom. The van der Waals surface area contributed by atoms with E-state index in [-0.39, 0.29) is 30.3 Å². The monoisotopic (exact) mass is 214 g/mol. The van der Waals surface area contributed by atoms with Crippen molar-refractivity contribution in [1.29, 1.82) is 0 Å². The van der Waals surface area contributed by atoms with Crippen LogP contribution >= 0.6 is 0 Å². The molecule has 1 N–H and O–H groups in total. The molecule has 15 heavy (non-hydrogen) atoms. The van der Waals surface area contributed by atoms with Gasteiger partial charge in [0.15, 0.2) is 5.78 Å². The normalized spacial score (nSPS) is 25.1. The molecule has 0 aromatic carbocycles. The summed E-state index contributed by atoms with van der Waals surface area (Å²) in [6, 6.07) is 0. The van der Waals surface area contributed by atoms with Crippen molar-refractivity contribution in [3.63, 3.8) is 0 Å². The maximum Gasteiger partial charge on any atom is 0.346 e. The van der Waals surface area contributed by atoms with Crippen molar-refractivity contribution in [1.82, 2.24) is 0 Å². The van der Waals surface area contributed by atoms with Gasteiger partial charge < -0.3 is 14.6 Å². The highest BCUT2D eigenvalue weighted by Crippen LogP contribution is 2.31. The van der Waals surface area contributed by atoms with Crippen molar-refractivity contribution in [2.24, 2.45) is 0 Å². The van der Waals surface area contributed by atoms with E-state index in [1.54, 1.807) is 6.92 Å². The summed E-state index contributed by atoms with van der Waals surface area (Å²) in [5, 5.41) is 10.0. The number of aliphatic hydroxyl groups is 1. The minimum atomic E-state index is -1.94. The lowest BCUT2D eigenvalue weighted by Crippen LogP contribution is -2.45. The smallest absolute Gasteiger partial charge is 0.346 e. The number of ketones is 1. The Morgan fingerprint density at radius 3 is 2.67 bits per heavy atom. The molecule has 1 aliphatic heterocycles. The molecular weight excluding hydrogens is 200 g/mol. The van der Waals surface area contributed by atoms with Crippen molar-refractivity contribution in [3.05, 3.63) is 11.3 Å². The molecule has 84 valence electrons. The van der Waals surface area contributed by atoms with E-state index in [1.165, 1.54) is 13.8 Å². The van der Waals surface area contributed by atoms with E-state index in [2.05, 4.69) is 0 Å². The zero-order chi connectivity index (χ0) is 11.6. The van der Waals surface area contributed by atoms with Crippen LogP contribution in [-0.4, -0.2) is 35.7 Å². The molecule has 0 spiro atoms. The highest BCUT2D eigenvalue weighted by molar-refractivity contribution is 6.04. The zero-order valence-corrected chi connectivity index (χ0v) is 8.99. The van der Waals surface area contributed by atoms with Crippen LogP contribution in [0.5, 0.6) is 0 Å². The largest absolute Gasteiger partial charge is 0.494 e. The van der Waals surface area contributed by atoms with E-state index in [1.807, 2.05) is 0 Å². The first-order valence-corrected chi connectivity index (χ1v) is 4.68. The second-order valence-corrected chi connectivity index (χ2v) is 3.36. The lowest BCUT2D eigenvalue weighted by atomic mass is 9.93. The van der Waals surface area contributed by atoms with Crippen molar-refractivity contribution in [2.75, 3.05) is 13.2 Å². The average Bonchev–Trinajstić information content (AvgIpc) is 2.44. The van der Waals surface area contributed by atoms with Crippen LogP contribution in [0.1, 0.15) is 20.8 Å². The van der Waals surface area contributed by atoms with Crippen LogP contribution in [0.3, 0.4) is 0 Å². The van der Waals surface area contributed by atoms with Crippen LogP contribution in [0.15, 0.2) is 11.3 Å². The van der Waals surface area contributed by atoms with Crippen LogP contribution < -0.4 is 0 Å². The number of hydrogen-bond acceptors (Lipinski definition) is 5. The molecule has 0 amide bonds. The van der Waals surface area contributed by atoms with Crippen molar-refractivity contribution < 1.29 is 24.2 Å². The van der Waals surface area contributed by atoms with Gasteiger partial charge in [0.2, 0.25) is 5.60 Å². The molecule has 1 aliphatic rings. The van der Waals surface area contributed by atoms with Crippen molar-refractivity contribution in [2.45, 2.75) is 26.4 Å². The van der Waals surface area contributed by atoms with Gasteiger partial charge in [0.25, 0.3) is 0 Å². The summed E-state index contributed by atoms with van der Waals surface area (Å²) >= 11 is 0. The number of ether oxygens (including phenoxy) is 2. The van der Waals surface area contributed by atoms with Gasteiger partial charge in [0, 0.05) is 0 Å². The van der Waals surface area contributed by atoms with Gasteiger partial charge in [-0.25, -0.2) is 4.79 Å². The molecule has 0 radical (unpaired) electrons. The molecule has 5 heteroatoms. The van der Waals surface area contributed by atoms with Crippen LogP contribution in [-0.2, 0) is 19.1 Å². The standard InChI is InChI=1S/C10H14O5/c1-4-14-9(12)10(13)5-15-7(3)8(10)6(2)11/h13H,4-5H2,1-3H3. The molecule has 1 unspecified atom stereocenters. The average molecular weight is 214 g/mol. The molecule has 0 saturated heterocycles. The summed E-state index contributed by atoms with van der Waals surface area (Å²) in [7, 11) is 0. The molecule has 0 bridgehead atoms. The molecule has 1 heterocycles. The van der Waals surface area contributed by atoms with E-state index < -0.39 is 11.6 Å². The molecule has 0 fully saturated rings. The van der Waals surface area contributed by atoms with Gasteiger partial charge in [0.1, 0.15) is 12.4 Å². The SMILES string of the molecule is CCOC(=O)C1(O)COC(C)=C1C(C)=O. The number of Topliss-reactive ketones (excluding diaryl/α,β-unsaturated/α-hetero) is 1. The lowest BCUT2D eigenvalue weighted by molar-refractivity contribution is -0.163. The van der Waals surface area contributed by atoms with Gasteiger partial charge in [-0.05, 0) is 20.8 Å². The molecule has 0 aromatic rings. The van der Waals surface area contributed by atoms with Crippen LogP contribution in [0.2, 0.25) is 0 Å². The Hall–Kier alpha value is -1.36. The van der Waals surface area contributed by atoms with Crippen LogP contribution in [0.25, 0.3) is 0 Å². The predicted molar refractivity (Wildman–Crippen MR) is 50.9 cm³/mol. The summed E-state index contributed by atoms with van der Waals surface area (Å²) in [5.41, 5.74) is -1.95. The summed E-state index contributed by atoms with van der Waals surface area (Å²) in [6.45, 7) is 4.32. The Labute approximate surface area is 87.7 Å². The minimum absolute atomic E-state index is 0.0130. The number of hydrogen-bond donors (Lipinski definition) is 1. The summed E-state index contributed by atoms with van der Waals surface area (Å²) in [6.07, 6.45) is 0. The number of esters is 1. The number of allylic oxidation sites excluding steroid dienone is 1. The van der Waals surface area contributed by atoms with Crippen LogP contribution in [0.4, 0.5) is 0 Å². The molecule has 0 saturated carbocycles. The number of carbonyl (C=O) groups excluding carboxylic acids is 2. The maximum absolute atomic E-state index is 11.5. The first-order chi connectivity index (χ1) is 6.93. The Morgan fingerprint density at radius 2 is 2.20 bits per heavy atom. The summed E-state index contributed by atoms with van der Waals surface area (Å²) < 4.78 is 9.72. The lowest BCUT2D eigenvalue weighted by Gasteiger charge is -2.20. The van der Waals surface area contributed by atoms with E-state index in [0.29, 0.717) is 0 Å². The third kappa shape index (κ3) is 1.87. The predicted octanol–water partition coefficient (Wildman–Crippen LogP) is 0.174. The molecule has 1 rings (SSSR count). The fraction of sp³-hybridized carbons (Fsp3) is 0.600. The highest BCUT2D eigenvalue weighted by Gasteiger charge is 2.50. The van der Waals surface area contributed by atoms with E-state index in [9.17, 15) is 14.7 Å². The summed E-state index contributed by atoms with van der Waals surface area (Å²) in [4.78, 5) is 22.8. The Balaban J connectivity index is 3.05. The van der Waals surface area contributed by atoms with Crippen LogP contribution in [0, 0.1) is 0 Å². The third-order valence-electron chi connectivity index (χ3n) is 2.23. The number of carbonyl (C=O) groups is 2. The molecule has 1 atom stereocenters. The number of rotatable bonds is 3. The van der Waals surface area contributed by atoms with Crippen molar-refractivity contribution in [3.8, 4) is 0 Å². The van der Waals surface area contributed by atoms with E-state index >= 15 is 0 Å². The summed E-state index contributed by atoms with van der Waals surface area (Å²) in [5.74, 6) is -0.953. The second-order valence-electron chi connectivity index (χ2n) is 3.36. The second kappa shape index (κ2) is 4.02. The zero-order valence-electron chi connectivity index (χ0n) is 8.99. The van der Waals surface area contributed by atoms with Gasteiger partial charge in [-0.2, -0.15) is 0 Å². The fourth-order valence-corrected chi connectivity index (χ4v) is 1.60. The minimum Gasteiger partial charge on any atom is -0.494 e. The molecule has 0 aliphatic carbocycles. The third-order valence-corrected chi connectivity index (χ3v) is 2.23. The first kappa shape index (κ1) is 11.7. The Bertz CT molecular complexity index is 331. The van der Waals surface area contributed by atoms with Crippen molar-refractivity contribution >= 4 is 11.8 Å². The fourth-order valence-electron chi connectivity index (χ4n) is 1.60. The van der Waals surface area contributed by atoms with E-state index in [0.717, 1.165) is 0 Å². The Kier molecular flexibility index (Phi) is 3.14.